The van der Waals surface area contributed by atoms with E-state index in [-0.39, 0.29) is 5.75 Å². The van der Waals surface area contributed by atoms with Crippen molar-refractivity contribution < 1.29 is 13.2 Å². The van der Waals surface area contributed by atoms with Crippen LogP contribution in [0.4, 0.5) is 0 Å². The Labute approximate surface area is 162 Å². The Morgan fingerprint density at radius 1 is 0.852 bits per heavy atom. The van der Waals surface area contributed by atoms with Crippen LogP contribution in [0.5, 0.6) is 5.75 Å². The van der Waals surface area contributed by atoms with E-state index in [2.05, 4.69) is 17.0 Å². The Morgan fingerprint density at radius 3 is 2.11 bits per heavy atom. The molecule has 1 aliphatic rings. The molecule has 6 heteroatoms. The first-order valence-corrected chi connectivity index (χ1v) is 11.0. The Morgan fingerprint density at radius 2 is 1.48 bits per heavy atom. The van der Waals surface area contributed by atoms with Crippen LogP contribution in [0.3, 0.4) is 0 Å². The summed E-state index contributed by atoms with van der Waals surface area (Å²) in [5.41, 5.74) is 2.34. The highest BCUT2D eigenvalue weighted by Gasteiger charge is 2.26. The zero-order valence-corrected chi connectivity index (χ0v) is 16.7. The van der Waals surface area contributed by atoms with Crippen molar-refractivity contribution in [3.63, 3.8) is 0 Å². The Kier molecular flexibility index (Phi) is 6.88. The maximum atomic E-state index is 12.6. The smallest absolute Gasteiger partial charge is 0.214 e. The van der Waals surface area contributed by atoms with Gasteiger partial charge >= 0.3 is 0 Å². The van der Waals surface area contributed by atoms with Gasteiger partial charge in [-0.15, -0.1) is 0 Å². The van der Waals surface area contributed by atoms with Crippen LogP contribution in [-0.2, 0) is 22.9 Å². The normalized spacial score (nSPS) is 16.3. The van der Waals surface area contributed by atoms with Crippen LogP contribution >= 0.6 is 0 Å². The van der Waals surface area contributed by atoms with Crippen molar-refractivity contribution in [2.75, 3.05) is 45.6 Å². The van der Waals surface area contributed by atoms with Crippen molar-refractivity contribution in [2.45, 2.75) is 12.8 Å². The lowest BCUT2D eigenvalue weighted by Crippen LogP contribution is -2.49. The number of piperazine rings is 1. The molecular formula is C21H28N2O3S. The van der Waals surface area contributed by atoms with Gasteiger partial charge in [0.25, 0.3) is 0 Å². The molecule has 0 radical (unpaired) electrons. The van der Waals surface area contributed by atoms with E-state index in [0.29, 0.717) is 19.5 Å². The van der Waals surface area contributed by atoms with E-state index in [0.717, 1.165) is 37.4 Å². The van der Waals surface area contributed by atoms with Crippen molar-refractivity contribution in [1.29, 1.82) is 0 Å². The molecular weight excluding hydrogens is 360 g/mol. The van der Waals surface area contributed by atoms with E-state index in [4.69, 9.17) is 4.74 Å². The van der Waals surface area contributed by atoms with Crippen LogP contribution < -0.4 is 4.74 Å². The standard InChI is InChI=1S/C21H28N2O3S/c1-26-21-9-7-20(8-10-21)11-13-22-14-16-23(17-15-22)27(24,25)18-12-19-5-3-2-4-6-19/h2-10H,11-18H2,1H3. The molecule has 3 rings (SSSR count). The van der Waals surface area contributed by atoms with Crippen LogP contribution in [0.1, 0.15) is 11.1 Å². The predicted molar refractivity (Wildman–Crippen MR) is 109 cm³/mol. The quantitative estimate of drug-likeness (QED) is 0.697. The molecule has 0 atom stereocenters. The van der Waals surface area contributed by atoms with Crippen molar-refractivity contribution >= 4 is 10.0 Å². The molecule has 146 valence electrons. The fourth-order valence-corrected chi connectivity index (χ4v) is 4.80. The second-order valence-electron chi connectivity index (χ2n) is 6.89. The van der Waals surface area contributed by atoms with Gasteiger partial charge in [0.1, 0.15) is 5.75 Å². The van der Waals surface area contributed by atoms with Crippen molar-refractivity contribution in [3.8, 4) is 5.75 Å². The molecule has 1 fully saturated rings. The summed E-state index contributed by atoms with van der Waals surface area (Å²) in [5.74, 6) is 1.05. The third-order valence-corrected chi connectivity index (χ3v) is 6.96. The lowest BCUT2D eigenvalue weighted by atomic mass is 10.1. The van der Waals surface area contributed by atoms with Gasteiger partial charge in [-0.3, -0.25) is 0 Å². The summed E-state index contributed by atoms with van der Waals surface area (Å²) in [6.07, 6.45) is 1.53. The molecule has 0 amide bonds. The number of nitrogens with zero attached hydrogens (tertiary/aromatic N) is 2. The number of benzene rings is 2. The van der Waals surface area contributed by atoms with Gasteiger partial charge in [-0.2, -0.15) is 4.31 Å². The van der Waals surface area contributed by atoms with Crippen LogP contribution in [0.2, 0.25) is 0 Å². The molecule has 1 saturated heterocycles. The maximum absolute atomic E-state index is 12.6. The van der Waals surface area contributed by atoms with Gasteiger partial charge in [0, 0.05) is 32.7 Å². The first kappa shape index (κ1) is 19.9. The maximum Gasteiger partial charge on any atom is 0.214 e. The lowest BCUT2D eigenvalue weighted by molar-refractivity contribution is 0.190. The summed E-state index contributed by atoms with van der Waals surface area (Å²) in [5, 5.41) is 0. The monoisotopic (exact) mass is 388 g/mol. The largest absolute Gasteiger partial charge is 0.497 e. The molecule has 27 heavy (non-hydrogen) atoms. The number of sulfonamides is 1. The second kappa shape index (κ2) is 9.35. The molecule has 1 aliphatic heterocycles. The van der Waals surface area contributed by atoms with E-state index < -0.39 is 10.0 Å². The minimum Gasteiger partial charge on any atom is -0.497 e. The molecule has 0 aliphatic carbocycles. The summed E-state index contributed by atoms with van der Waals surface area (Å²) >= 11 is 0. The molecule has 5 nitrogen and oxygen atoms in total. The average Bonchev–Trinajstić information content (AvgIpc) is 2.72. The van der Waals surface area contributed by atoms with Crippen LogP contribution in [-0.4, -0.2) is 63.2 Å². The third-order valence-electron chi connectivity index (χ3n) is 5.09. The molecule has 0 saturated carbocycles. The molecule has 0 N–H and O–H groups in total. The van der Waals surface area contributed by atoms with Crippen LogP contribution in [0.25, 0.3) is 0 Å². The lowest BCUT2D eigenvalue weighted by Gasteiger charge is -2.34. The average molecular weight is 389 g/mol. The first-order valence-electron chi connectivity index (χ1n) is 9.44. The first-order chi connectivity index (χ1) is 13.1. The van der Waals surface area contributed by atoms with Crippen molar-refractivity contribution in [3.05, 3.63) is 65.7 Å². The van der Waals surface area contributed by atoms with Crippen LogP contribution in [0, 0.1) is 0 Å². The van der Waals surface area contributed by atoms with E-state index >= 15 is 0 Å². The molecule has 0 bridgehead atoms. The highest BCUT2D eigenvalue weighted by atomic mass is 32.2. The summed E-state index contributed by atoms with van der Waals surface area (Å²) in [6, 6.07) is 17.9. The number of hydrogen-bond donors (Lipinski definition) is 0. The number of rotatable bonds is 8. The van der Waals surface area contributed by atoms with E-state index in [1.165, 1.54) is 5.56 Å². The van der Waals surface area contributed by atoms with E-state index in [9.17, 15) is 8.42 Å². The van der Waals surface area contributed by atoms with Gasteiger partial charge in [0.15, 0.2) is 0 Å². The van der Waals surface area contributed by atoms with E-state index in [1.807, 2.05) is 42.5 Å². The van der Waals surface area contributed by atoms with Gasteiger partial charge < -0.3 is 9.64 Å². The molecule has 1 heterocycles. The van der Waals surface area contributed by atoms with Crippen molar-refractivity contribution in [1.82, 2.24) is 9.21 Å². The number of aryl methyl sites for hydroxylation is 1. The topological polar surface area (TPSA) is 49.9 Å². The zero-order valence-electron chi connectivity index (χ0n) is 15.9. The molecule has 0 aromatic heterocycles. The zero-order chi connectivity index (χ0) is 19.1. The summed E-state index contributed by atoms with van der Waals surface area (Å²) in [6.45, 7) is 3.70. The SMILES string of the molecule is COc1ccc(CCN2CCN(S(=O)(=O)CCc3ccccc3)CC2)cc1. The number of methoxy groups -OCH3 is 1. The van der Waals surface area contributed by atoms with Crippen LogP contribution in [0.15, 0.2) is 54.6 Å². The summed E-state index contributed by atoms with van der Waals surface area (Å²) in [4.78, 5) is 2.34. The van der Waals surface area contributed by atoms with Gasteiger partial charge in [-0.25, -0.2) is 8.42 Å². The van der Waals surface area contributed by atoms with Gasteiger partial charge in [0.2, 0.25) is 10.0 Å². The third kappa shape index (κ3) is 5.79. The Bertz CT molecular complexity index is 799. The summed E-state index contributed by atoms with van der Waals surface area (Å²) < 4.78 is 32.0. The Balaban J connectivity index is 1.43. The molecule has 2 aromatic rings. The van der Waals surface area contributed by atoms with E-state index in [1.54, 1.807) is 11.4 Å². The fraction of sp³-hybridized carbons (Fsp3) is 0.429. The van der Waals surface area contributed by atoms with Crippen molar-refractivity contribution in [2.24, 2.45) is 0 Å². The number of hydrogen-bond acceptors (Lipinski definition) is 4. The number of ether oxygens (including phenoxy) is 1. The molecule has 0 unspecified atom stereocenters. The summed E-state index contributed by atoms with van der Waals surface area (Å²) in [7, 11) is -1.52. The minimum atomic E-state index is -3.19. The Hall–Kier alpha value is -1.89. The highest BCUT2D eigenvalue weighted by Crippen LogP contribution is 2.14. The van der Waals surface area contributed by atoms with Gasteiger partial charge in [-0.05, 0) is 36.1 Å². The van der Waals surface area contributed by atoms with Gasteiger partial charge in [0.05, 0.1) is 12.9 Å². The predicted octanol–water partition coefficient (Wildman–Crippen LogP) is 2.43. The fourth-order valence-electron chi connectivity index (χ4n) is 3.33. The van der Waals surface area contributed by atoms with Gasteiger partial charge in [-0.1, -0.05) is 42.5 Å². The minimum absolute atomic E-state index is 0.183. The molecule has 0 spiro atoms. The second-order valence-corrected chi connectivity index (χ2v) is 8.98. The highest BCUT2D eigenvalue weighted by molar-refractivity contribution is 7.89. The molecule has 2 aromatic carbocycles.